The standard InChI is InChI=1S/C21H26N6O3/c1-14-19(21(28)26-11-9-25(2)10-12-26)22-23-20-18(17(13-29-3)24-27(14)20)15-5-7-16(30-4)8-6-15/h5-8H,9-13H2,1-4H3. The monoisotopic (exact) mass is 410 g/mol. The average Bonchev–Trinajstić information content (AvgIpc) is 3.13. The lowest BCUT2D eigenvalue weighted by Gasteiger charge is -2.32. The number of aromatic nitrogens is 4. The number of amides is 1. The topological polar surface area (TPSA) is 85.1 Å². The lowest BCUT2D eigenvalue weighted by atomic mass is 10.1. The van der Waals surface area contributed by atoms with Gasteiger partial charge in [0.2, 0.25) is 0 Å². The SMILES string of the molecule is COCc1nn2c(C)c(C(=O)N3CCN(C)CC3)nnc2c1-c1ccc(OC)cc1. The molecule has 1 amide bonds. The van der Waals surface area contributed by atoms with Crippen LogP contribution in [0.4, 0.5) is 0 Å². The summed E-state index contributed by atoms with van der Waals surface area (Å²) >= 11 is 0. The normalized spacial score (nSPS) is 15.0. The first-order valence-electron chi connectivity index (χ1n) is 9.89. The fourth-order valence-corrected chi connectivity index (χ4v) is 3.70. The molecule has 1 fully saturated rings. The van der Waals surface area contributed by atoms with Crippen LogP contribution in [-0.4, -0.2) is 83.0 Å². The molecule has 0 saturated carbocycles. The highest BCUT2D eigenvalue weighted by Crippen LogP contribution is 2.30. The van der Waals surface area contributed by atoms with Crippen LogP contribution in [0.2, 0.25) is 0 Å². The number of hydrogen-bond donors (Lipinski definition) is 0. The molecule has 1 aliphatic rings. The Kier molecular flexibility index (Phi) is 5.65. The molecule has 0 atom stereocenters. The number of benzene rings is 1. The minimum atomic E-state index is -0.107. The van der Waals surface area contributed by atoms with Crippen LogP contribution < -0.4 is 4.74 Å². The van der Waals surface area contributed by atoms with Gasteiger partial charge >= 0.3 is 0 Å². The van der Waals surface area contributed by atoms with Crippen LogP contribution in [0, 0.1) is 6.92 Å². The van der Waals surface area contributed by atoms with Gasteiger partial charge in [0.05, 0.1) is 30.7 Å². The van der Waals surface area contributed by atoms with E-state index in [9.17, 15) is 4.79 Å². The number of fused-ring (bicyclic) bond motifs is 1. The quantitative estimate of drug-likeness (QED) is 0.632. The number of likely N-dealkylation sites (N-methyl/N-ethyl adjacent to an activating group) is 1. The summed E-state index contributed by atoms with van der Waals surface area (Å²) in [7, 11) is 5.32. The number of hydrogen-bond acceptors (Lipinski definition) is 7. The molecule has 3 heterocycles. The molecule has 0 aliphatic carbocycles. The highest BCUT2D eigenvalue weighted by Gasteiger charge is 2.26. The number of aryl methyl sites for hydroxylation is 1. The van der Waals surface area contributed by atoms with Crippen molar-refractivity contribution in [2.75, 3.05) is 47.4 Å². The fourth-order valence-electron chi connectivity index (χ4n) is 3.70. The molecule has 2 aromatic heterocycles. The molecule has 9 nitrogen and oxygen atoms in total. The summed E-state index contributed by atoms with van der Waals surface area (Å²) in [4.78, 5) is 17.1. The summed E-state index contributed by atoms with van der Waals surface area (Å²) in [5.74, 6) is 0.663. The van der Waals surface area contributed by atoms with E-state index in [0.717, 1.165) is 35.7 Å². The minimum Gasteiger partial charge on any atom is -0.497 e. The van der Waals surface area contributed by atoms with Crippen molar-refractivity contribution >= 4 is 11.6 Å². The molecular weight excluding hydrogens is 384 g/mol. The molecule has 1 aliphatic heterocycles. The largest absolute Gasteiger partial charge is 0.497 e. The number of piperazine rings is 1. The number of carbonyl (C=O) groups is 1. The summed E-state index contributed by atoms with van der Waals surface area (Å²) in [6, 6.07) is 7.69. The molecule has 1 aromatic carbocycles. The number of methoxy groups -OCH3 is 2. The number of ether oxygens (including phenoxy) is 2. The van der Waals surface area contributed by atoms with E-state index >= 15 is 0 Å². The molecule has 0 N–H and O–H groups in total. The van der Waals surface area contributed by atoms with Crippen LogP contribution in [0.5, 0.6) is 5.75 Å². The van der Waals surface area contributed by atoms with Gasteiger partial charge < -0.3 is 19.3 Å². The second-order valence-electron chi connectivity index (χ2n) is 7.45. The Morgan fingerprint density at radius 1 is 1.07 bits per heavy atom. The maximum atomic E-state index is 13.1. The zero-order chi connectivity index (χ0) is 21.3. The third kappa shape index (κ3) is 3.61. The Bertz CT molecular complexity index is 1050. The molecule has 158 valence electrons. The van der Waals surface area contributed by atoms with E-state index in [1.807, 2.05) is 36.1 Å². The lowest BCUT2D eigenvalue weighted by molar-refractivity contribution is 0.0655. The van der Waals surface area contributed by atoms with Crippen molar-refractivity contribution in [3.05, 3.63) is 41.3 Å². The van der Waals surface area contributed by atoms with E-state index in [2.05, 4.69) is 22.1 Å². The summed E-state index contributed by atoms with van der Waals surface area (Å²) in [6.07, 6.45) is 0. The zero-order valence-corrected chi connectivity index (χ0v) is 17.8. The van der Waals surface area contributed by atoms with Gasteiger partial charge in [-0.2, -0.15) is 5.10 Å². The number of nitrogens with zero attached hydrogens (tertiary/aromatic N) is 6. The highest BCUT2D eigenvalue weighted by atomic mass is 16.5. The van der Waals surface area contributed by atoms with Gasteiger partial charge in [0, 0.05) is 33.3 Å². The minimum absolute atomic E-state index is 0.107. The van der Waals surface area contributed by atoms with Gasteiger partial charge in [-0.05, 0) is 31.7 Å². The fraction of sp³-hybridized carbons (Fsp3) is 0.429. The molecule has 0 radical (unpaired) electrons. The summed E-state index contributed by atoms with van der Waals surface area (Å²) in [6.45, 7) is 5.24. The van der Waals surface area contributed by atoms with Gasteiger partial charge in [0.15, 0.2) is 11.3 Å². The maximum Gasteiger partial charge on any atom is 0.276 e. The van der Waals surface area contributed by atoms with Crippen molar-refractivity contribution in [3.63, 3.8) is 0 Å². The summed E-state index contributed by atoms with van der Waals surface area (Å²) in [5.41, 5.74) is 4.11. The first-order valence-corrected chi connectivity index (χ1v) is 9.89. The predicted molar refractivity (Wildman–Crippen MR) is 112 cm³/mol. The van der Waals surface area contributed by atoms with Crippen molar-refractivity contribution in [1.82, 2.24) is 29.6 Å². The molecule has 0 unspecified atom stereocenters. The third-order valence-electron chi connectivity index (χ3n) is 5.49. The van der Waals surface area contributed by atoms with E-state index < -0.39 is 0 Å². The molecule has 4 rings (SSSR count). The average molecular weight is 410 g/mol. The maximum absolute atomic E-state index is 13.1. The molecule has 3 aromatic rings. The molecular formula is C21H26N6O3. The van der Waals surface area contributed by atoms with Gasteiger partial charge in [-0.15, -0.1) is 10.2 Å². The second-order valence-corrected chi connectivity index (χ2v) is 7.45. The van der Waals surface area contributed by atoms with Gasteiger partial charge in [-0.25, -0.2) is 4.52 Å². The van der Waals surface area contributed by atoms with E-state index in [1.165, 1.54) is 0 Å². The smallest absolute Gasteiger partial charge is 0.276 e. The van der Waals surface area contributed by atoms with Gasteiger partial charge in [-0.3, -0.25) is 4.79 Å². The third-order valence-corrected chi connectivity index (χ3v) is 5.49. The van der Waals surface area contributed by atoms with Crippen molar-refractivity contribution in [1.29, 1.82) is 0 Å². The molecule has 1 saturated heterocycles. The first-order chi connectivity index (χ1) is 14.5. The Morgan fingerprint density at radius 3 is 2.40 bits per heavy atom. The van der Waals surface area contributed by atoms with E-state index in [1.54, 1.807) is 18.7 Å². The van der Waals surface area contributed by atoms with Crippen molar-refractivity contribution in [2.24, 2.45) is 0 Å². The van der Waals surface area contributed by atoms with Crippen LogP contribution in [-0.2, 0) is 11.3 Å². The second kappa shape index (κ2) is 8.37. The van der Waals surface area contributed by atoms with Gasteiger partial charge in [-0.1, -0.05) is 12.1 Å². The summed E-state index contributed by atoms with van der Waals surface area (Å²) in [5, 5.41) is 13.4. The van der Waals surface area contributed by atoms with Crippen LogP contribution in [0.1, 0.15) is 21.9 Å². The molecule has 0 spiro atoms. The Labute approximate surface area is 175 Å². The number of carbonyl (C=O) groups excluding carboxylic acids is 1. The Morgan fingerprint density at radius 2 is 1.77 bits per heavy atom. The van der Waals surface area contributed by atoms with Gasteiger partial charge in [0.25, 0.3) is 5.91 Å². The van der Waals surface area contributed by atoms with Crippen LogP contribution >= 0.6 is 0 Å². The number of rotatable bonds is 5. The Hall–Kier alpha value is -3.04. The van der Waals surface area contributed by atoms with Crippen molar-refractivity contribution in [2.45, 2.75) is 13.5 Å². The lowest BCUT2D eigenvalue weighted by Crippen LogP contribution is -2.47. The van der Waals surface area contributed by atoms with E-state index in [4.69, 9.17) is 14.6 Å². The van der Waals surface area contributed by atoms with E-state index in [-0.39, 0.29) is 5.91 Å². The van der Waals surface area contributed by atoms with E-state index in [0.29, 0.717) is 36.7 Å². The van der Waals surface area contributed by atoms with Gasteiger partial charge in [0.1, 0.15) is 5.75 Å². The highest BCUT2D eigenvalue weighted by molar-refractivity contribution is 5.93. The van der Waals surface area contributed by atoms with Crippen molar-refractivity contribution in [3.8, 4) is 16.9 Å². The summed E-state index contributed by atoms with van der Waals surface area (Å²) < 4.78 is 12.3. The van der Waals surface area contributed by atoms with Crippen LogP contribution in [0.3, 0.4) is 0 Å². The molecule has 9 heteroatoms. The first kappa shape index (κ1) is 20.2. The Balaban J connectivity index is 1.77. The van der Waals surface area contributed by atoms with Crippen molar-refractivity contribution < 1.29 is 14.3 Å². The predicted octanol–water partition coefficient (Wildman–Crippen LogP) is 1.64. The van der Waals surface area contributed by atoms with Crippen LogP contribution in [0.15, 0.2) is 24.3 Å². The zero-order valence-electron chi connectivity index (χ0n) is 17.8. The van der Waals surface area contributed by atoms with Crippen LogP contribution in [0.25, 0.3) is 16.8 Å². The molecule has 30 heavy (non-hydrogen) atoms. The molecule has 0 bridgehead atoms.